The number of guanidine groups is 1. The van der Waals surface area contributed by atoms with Gasteiger partial charge in [-0.3, -0.25) is 9.59 Å². The standard InChI is InChI=1S/C21H33N7O5.ClH/c22-21(26-28(32)33)23-11-4-5-18(20(31)24-15-16-6-8-17(29)9-7-16)25-19(30)10-14-27-12-2-1-3-13-27;/h6-9,18,29H,1-5,10-15H2,(H,24,31)(H,25,30)(H3,22,23,26);1H/t18-;/m1./s1. The minimum absolute atomic E-state index is 0. The summed E-state index contributed by atoms with van der Waals surface area (Å²) in [4.78, 5) is 37.8. The van der Waals surface area contributed by atoms with E-state index in [1.807, 2.05) is 0 Å². The average Bonchev–Trinajstić information content (AvgIpc) is 2.79. The first-order chi connectivity index (χ1) is 15.8. The maximum atomic E-state index is 12.8. The number of carbonyl (C=O) groups is 2. The van der Waals surface area contributed by atoms with Crippen LogP contribution < -0.4 is 21.7 Å². The maximum Gasteiger partial charge on any atom is 0.266 e. The highest BCUT2D eigenvalue weighted by atomic mass is 35.5. The molecule has 1 aromatic rings. The number of likely N-dealkylation sites (tertiary alicyclic amines) is 1. The predicted molar refractivity (Wildman–Crippen MR) is 130 cm³/mol. The van der Waals surface area contributed by atoms with Gasteiger partial charge in [0.25, 0.3) is 5.96 Å². The van der Waals surface area contributed by atoms with Gasteiger partial charge < -0.3 is 31.7 Å². The van der Waals surface area contributed by atoms with E-state index in [0.29, 0.717) is 25.8 Å². The van der Waals surface area contributed by atoms with Crippen molar-refractivity contribution in [2.45, 2.75) is 51.1 Å². The Morgan fingerprint density at radius 1 is 1.18 bits per heavy atom. The molecular formula is C21H34ClN7O5. The van der Waals surface area contributed by atoms with E-state index in [2.05, 4.69) is 26.0 Å². The summed E-state index contributed by atoms with van der Waals surface area (Å²) < 4.78 is 0. The number of nitrogens with one attached hydrogen (secondary N) is 3. The SMILES string of the molecule is Cl.NC(=N[N+](=O)[O-])NCCC[C@@H](NC(=O)CCN1CCCCC1)C(=O)NCc1ccc(O)cc1. The van der Waals surface area contributed by atoms with E-state index in [1.165, 1.54) is 18.6 Å². The fraction of sp³-hybridized carbons (Fsp3) is 0.571. The van der Waals surface area contributed by atoms with Crippen molar-refractivity contribution in [2.75, 3.05) is 26.2 Å². The minimum Gasteiger partial charge on any atom is -0.508 e. The number of phenolic OH excluding ortho intramolecular Hbond substituents is 1. The zero-order chi connectivity index (χ0) is 24.1. The molecule has 1 fully saturated rings. The van der Waals surface area contributed by atoms with E-state index in [4.69, 9.17) is 5.73 Å². The highest BCUT2D eigenvalue weighted by Gasteiger charge is 2.21. The Hall–Kier alpha value is -3.12. The van der Waals surface area contributed by atoms with Crippen LogP contribution >= 0.6 is 12.4 Å². The van der Waals surface area contributed by atoms with Crippen LogP contribution in [0.4, 0.5) is 0 Å². The molecule has 0 aliphatic carbocycles. The van der Waals surface area contributed by atoms with Crippen LogP contribution in [0.2, 0.25) is 0 Å². The molecule has 2 amide bonds. The fourth-order valence-corrected chi connectivity index (χ4v) is 3.55. The van der Waals surface area contributed by atoms with Crippen LogP contribution in [0.25, 0.3) is 0 Å². The van der Waals surface area contributed by atoms with Gasteiger partial charge in [0.15, 0.2) is 5.03 Å². The van der Waals surface area contributed by atoms with Crippen molar-refractivity contribution >= 4 is 30.2 Å². The fourth-order valence-electron chi connectivity index (χ4n) is 3.55. The smallest absolute Gasteiger partial charge is 0.266 e. The maximum absolute atomic E-state index is 12.8. The Balaban J connectivity index is 0.00000578. The molecule has 0 bridgehead atoms. The largest absolute Gasteiger partial charge is 0.508 e. The zero-order valence-electron chi connectivity index (χ0n) is 19.1. The van der Waals surface area contributed by atoms with Gasteiger partial charge in [0.2, 0.25) is 11.8 Å². The molecule has 1 heterocycles. The van der Waals surface area contributed by atoms with Crippen LogP contribution in [0.3, 0.4) is 0 Å². The number of halogens is 1. The average molecular weight is 500 g/mol. The van der Waals surface area contributed by atoms with Crippen molar-refractivity contribution in [3.8, 4) is 5.75 Å². The molecule has 190 valence electrons. The molecule has 34 heavy (non-hydrogen) atoms. The van der Waals surface area contributed by atoms with Crippen LogP contribution in [-0.2, 0) is 16.1 Å². The summed E-state index contributed by atoms with van der Waals surface area (Å²) in [6, 6.07) is 5.70. The molecule has 1 aliphatic heterocycles. The van der Waals surface area contributed by atoms with Crippen molar-refractivity contribution < 1.29 is 19.7 Å². The monoisotopic (exact) mass is 499 g/mol. The van der Waals surface area contributed by atoms with Crippen molar-refractivity contribution in [3.63, 3.8) is 0 Å². The van der Waals surface area contributed by atoms with E-state index >= 15 is 0 Å². The van der Waals surface area contributed by atoms with Gasteiger partial charge in [-0.25, -0.2) is 10.1 Å². The molecule has 1 saturated heterocycles. The van der Waals surface area contributed by atoms with Crippen LogP contribution in [0.5, 0.6) is 5.75 Å². The number of carbonyl (C=O) groups excluding carboxylic acids is 2. The quantitative estimate of drug-likeness (QED) is 0.0915. The Morgan fingerprint density at radius 3 is 2.50 bits per heavy atom. The first kappa shape index (κ1) is 28.9. The van der Waals surface area contributed by atoms with Gasteiger partial charge in [0, 0.05) is 26.1 Å². The van der Waals surface area contributed by atoms with Gasteiger partial charge in [-0.05, 0) is 56.5 Å². The summed E-state index contributed by atoms with van der Waals surface area (Å²) in [5.74, 6) is -0.718. The van der Waals surface area contributed by atoms with Crippen LogP contribution in [0.15, 0.2) is 29.4 Å². The molecule has 2 rings (SSSR count). The highest BCUT2D eigenvalue weighted by molar-refractivity contribution is 5.87. The summed E-state index contributed by atoms with van der Waals surface area (Å²) in [6.45, 7) is 3.14. The first-order valence-electron chi connectivity index (χ1n) is 11.1. The topological polar surface area (TPSA) is 175 Å². The molecule has 12 nitrogen and oxygen atoms in total. The zero-order valence-corrected chi connectivity index (χ0v) is 19.9. The first-order valence-corrected chi connectivity index (χ1v) is 11.1. The Kier molecular flexibility index (Phi) is 13.3. The van der Waals surface area contributed by atoms with Crippen LogP contribution in [-0.4, -0.2) is 65.0 Å². The predicted octanol–water partition coefficient (Wildman–Crippen LogP) is 0.667. The summed E-state index contributed by atoms with van der Waals surface area (Å²) >= 11 is 0. The highest BCUT2D eigenvalue weighted by Crippen LogP contribution is 2.10. The molecule has 1 aliphatic rings. The molecule has 1 aromatic carbocycles. The van der Waals surface area contributed by atoms with Gasteiger partial charge in [0.1, 0.15) is 16.9 Å². The second-order valence-corrected chi connectivity index (χ2v) is 7.95. The third kappa shape index (κ3) is 11.7. The lowest BCUT2D eigenvalue weighted by atomic mass is 10.1. The van der Waals surface area contributed by atoms with Gasteiger partial charge in [-0.2, -0.15) is 0 Å². The normalized spacial score (nSPS) is 15.0. The molecule has 0 aromatic heterocycles. The molecule has 0 saturated carbocycles. The lowest BCUT2D eigenvalue weighted by molar-refractivity contribution is -0.485. The number of aromatic hydroxyl groups is 1. The lowest BCUT2D eigenvalue weighted by Gasteiger charge is -2.26. The van der Waals surface area contributed by atoms with Gasteiger partial charge in [-0.15, -0.1) is 12.4 Å². The van der Waals surface area contributed by atoms with Crippen LogP contribution in [0, 0.1) is 10.1 Å². The van der Waals surface area contributed by atoms with E-state index in [-0.39, 0.29) is 49.0 Å². The van der Waals surface area contributed by atoms with Gasteiger partial charge >= 0.3 is 0 Å². The second kappa shape index (κ2) is 15.7. The lowest BCUT2D eigenvalue weighted by Crippen LogP contribution is -2.47. The van der Waals surface area contributed by atoms with E-state index in [9.17, 15) is 24.8 Å². The third-order valence-corrected chi connectivity index (χ3v) is 5.32. The van der Waals surface area contributed by atoms with Crippen molar-refractivity contribution in [2.24, 2.45) is 10.8 Å². The minimum atomic E-state index is -0.898. The molecule has 0 spiro atoms. The van der Waals surface area contributed by atoms with Gasteiger partial charge in [-0.1, -0.05) is 18.6 Å². The summed E-state index contributed by atoms with van der Waals surface area (Å²) in [6.07, 6.45) is 4.55. The molecule has 6 N–H and O–H groups in total. The summed E-state index contributed by atoms with van der Waals surface area (Å²) in [7, 11) is 0. The molecule has 1 atom stereocenters. The van der Waals surface area contributed by atoms with Crippen molar-refractivity contribution in [1.82, 2.24) is 20.9 Å². The Morgan fingerprint density at radius 2 is 1.85 bits per heavy atom. The number of piperidine rings is 1. The number of phenols is 1. The number of nitro groups is 1. The number of hydrogen-bond acceptors (Lipinski definition) is 6. The van der Waals surface area contributed by atoms with Crippen LogP contribution in [0.1, 0.15) is 44.1 Å². The van der Waals surface area contributed by atoms with Gasteiger partial charge in [0.05, 0.1) is 0 Å². The molecular weight excluding hydrogens is 466 g/mol. The Bertz CT molecular complexity index is 816. The number of benzene rings is 1. The molecule has 0 unspecified atom stereocenters. The van der Waals surface area contributed by atoms with Crippen molar-refractivity contribution in [3.05, 3.63) is 39.9 Å². The summed E-state index contributed by atoms with van der Waals surface area (Å²) in [5.41, 5.74) is 6.20. The number of nitrogens with zero attached hydrogens (tertiary/aromatic N) is 3. The molecule has 0 radical (unpaired) electrons. The Labute approximate surface area is 204 Å². The number of hydrazone groups is 1. The summed E-state index contributed by atoms with van der Waals surface area (Å²) in [5, 5.41) is 30.0. The van der Waals surface area contributed by atoms with E-state index in [0.717, 1.165) is 31.5 Å². The number of amides is 2. The number of rotatable bonds is 12. The number of nitrogens with two attached hydrogens (primary N) is 1. The second-order valence-electron chi connectivity index (χ2n) is 7.95. The third-order valence-electron chi connectivity index (χ3n) is 5.32. The molecule has 13 heteroatoms. The van der Waals surface area contributed by atoms with E-state index < -0.39 is 11.1 Å². The van der Waals surface area contributed by atoms with E-state index in [1.54, 1.807) is 12.1 Å². The van der Waals surface area contributed by atoms with Crippen molar-refractivity contribution in [1.29, 1.82) is 0 Å². The number of hydrogen-bond donors (Lipinski definition) is 5.